The Labute approximate surface area is 168 Å². The second-order valence-electron chi connectivity index (χ2n) is 6.64. The minimum Gasteiger partial charge on any atom is -0.349 e. The zero-order valence-corrected chi connectivity index (χ0v) is 16.2. The Morgan fingerprint density at radius 1 is 1.25 bits per heavy atom. The molecule has 2 heterocycles. The summed E-state index contributed by atoms with van der Waals surface area (Å²) in [5.74, 6) is 1.40. The fourth-order valence-electron chi connectivity index (χ4n) is 2.90. The van der Waals surface area contributed by atoms with Gasteiger partial charge in [0.2, 0.25) is 0 Å². The lowest BCUT2D eigenvalue weighted by molar-refractivity contribution is 0.0950. The molecule has 1 aliphatic carbocycles. The summed E-state index contributed by atoms with van der Waals surface area (Å²) in [6.07, 6.45) is 7.48. The standard InChI is InChI=1S/C21H21N5OS/c1-2-12-26-19(15-7-5-11-22-13-15)24-25-21(26)28-14-16-6-3-4-8-18(16)20(27)23-17-9-10-17/h2-8,11,13,17H,1,9-10,12,14H2,(H,23,27). The molecule has 7 heteroatoms. The van der Waals surface area contributed by atoms with E-state index in [1.165, 1.54) is 0 Å². The van der Waals surface area contributed by atoms with Crippen molar-refractivity contribution >= 4 is 17.7 Å². The third-order valence-electron chi connectivity index (χ3n) is 4.48. The van der Waals surface area contributed by atoms with Gasteiger partial charge in [-0.15, -0.1) is 16.8 Å². The van der Waals surface area contributed by atoms with Crippen molar-refractivity contribution < 1.29 is 4.79 Å². The van der Waals surface area contributed by atoms with Crippen molar-refractivity contribution in [2.24, 2.45) is 0 Å². The number of rotatable bonds is 8. The molecule has 1 fully saturated rings. The number of amides is 1. The van der Waals surface area contributed by atoms with Gasteiger partial charge in [-0.05, 0) is 36.6 Å². The van der Waals surface area contributed by atoms with Crippen LogP contribution >= 0.6 is 11.8 Å². The van der Waals surface area contributed by atoms with Crippen LogP contribution in [0.15, 0.2) is 66.6 Å². The van der Waals surface area contributed by atoms with E-state index in [0.717, 1.165) is 40.5 Å². The zero-order chi connectivity index (χ0) is 19.3. The van der Waals surface area contributed by atoms with E-state index < -0.39 is 0 Å². The van der Waals surface area contributed by atoms with E-state index in [4.69, 9.17) is 0 Å². The van der Waals surface area contributed by atoms with Crippen molar-refractivity contribution in [3.05, 3.63) is 72.6 Å². The molecule has 1 saturated carbocycles. The van der Waals surface area contributed by atoms with Crippen LogP contribution in [-0.4, -0.2) is 31.7 Å². The van der Waals surface area contributed by atoms with E-state index in [9.17, 15) is 4.79 Å². The van der Waals surface area contributed by atoms with E-state index in [1.54, 1.807) is 24.2 Å². The first kappa shape index (κ1) is 18.4. The Morgan fingerprint density at radius 3 is 2.86 bits per heavy atom. The lowest BCUT2D eigenvalue weighted by Gasteiger charge is -2.10. The molecular formula is C21H21N5OS. The van der Waals surface area contributed by atoms with Gasteiger partial charge in [-0.25, -0.2) is 0 Å². The molecule has 1 amide bonds. The Morgan fingerprint density at radius 2 is 2.11 bits per heavy atom. The number of hydrogen-bond donors (Lipinski definition) is 1. The van der Waals surface area contributed by atoms with Crippen molar-refractivity contribution in [1.29, 1.82) is 0 Å². The highest BCUT2D eigenvalue weighted by molar-refractivity contribution is 7.98. The van der Waals surface area contributed by atoms with Crippen LogP contribution in [0, 0.1) is 0 Å². The Bertz CT molecular complexity index is 981. The molecule has 0 aliphatic heterocycles. The zero-order valence-electron chi connectivity index (χ0n) is 15.4. The quantitative estimate of drug-likeness (QED) is 0.468. The molecule has 4 rings (SSSR count). The lowest BCUT2D eigenvalue weighted by Crippen LogP contribution is -2.26. The maximum absolute atomic E-state index is 12.5. The molecule has 28 heavy (non-hydrogen) atoms. The smallest absolute Gasteiger partial charge is 0.251 e. The second-order valence-corrected chi connectivity index (χ2v) is 7.58. The average molecular weight is 392 g/mol. The van der Waals surface area contributed by atoms with Crippen LogP contribution in [0.5, 0.6) is 0 Å². The number of aromatic nitrogens is 4. The molecule has 1 aliphatic rings. The van der Waals surface area contributed by atoms with Crippen LogP contribution < -0.4 is 5.32 Å². The lowest BCUT2D eigenvalue weighted by atomic mass is 10.1. The van der Waals surface area contributed by atoms with E-state index in [-0.39, 0.29) is 5.91 Å². The van der Waals surface area contributed by atoms with Gasteiger partial charge >= 0.3 is 0 Å². The van der Waals surface area contributed by atoms with Crippen molar-refractivity contribution in [3.63, 3.8) is 0 Å². The summed E-state index contributed by atoms with van der Waals surface area (Å²) >= 11 is 1.56. The molecular weight excluding hydrogens is 370 g/mol. The number of allylic oxidation sites excluding steroid dienone is 1. The molecule has 0 bridgehead atoms. The SMILES string of the molecule is C=CCn1c(SCc2ccccc2C(=O)NC2CC2)nnc1-c1cccnc1. The molecule has 1 aromatic carbocycles. The average Bonchev–Trinajstić information content (AvgIpc) is 3.46. The Kier molecular flexibility index (Phi) is 5.53. The predicted octanol–water partition coefficient (Wildman–Crippen LogP) is 3.71. The van der Waals surface area contributed by atoms with Crippen LogP contribution in [0.25, 0.3) is 11.4 Å². The molecule has 0 atom stereocenters. The van der Waals surface area contributed by atoms with E-state index in [1.807, 2.05) is 47.0 Å². The number of carbonyl (C=O) groups is 1. The monoisotopic (exact) mass is 391 g/mol. The van der Waals surface area contributed by atoms with Crippen LogP contribution in [0.2, 0.25) is 0 Å². The van der Waals surface area contributed by atoms with Gasteiger partial charge in [-0.2, -0.15) is 0 Å². The highest BCUT2D eigenvalue weighted by Crippen LogP contribution is 2.28. The fraction of sp³-hybridized carbons (Fsp3) is 0.238. The van der Waals surface area contributed by atoms with Crippen LogP contribution in [0.1, 0.15) is 28.8 Å². The van der Waals surface area contributed by atoms with Gasteiger partial charge in [0.15, 0.2) is 11.0 Å². The van der Waals surface area contributed by atoms with Gasteiger partial charge in [0.05, 0.1) is 0 Å². The molecule has 0 unspecified atom stereocenters. The first-order valence-corrected chi connectivity index (χ1v) is 10.2. The summed E-state index contributed by atoms with van der Waals surface area (Å²) in [5.41, 5.74) is 2.62. The molecule has 0 saturated heterocycles. The maximum Gasteiger partial charge on any atom is 0.251 e. The number of nitrogens with one attached hydrogen (secondary N) is 1. The summed E-state index contributed by atoms with van der Waals surface area (Å²) in [6.45, 7) is 4.45. The minimum atomic E-state index is 0.00214. The number of nitrogens with zero attached hydrogens (tertiary/aromatic N) is 4. The van der Waals surface area contributed by atoms with Gasteiger partial charge in [-0.1, -0.05) is 36.0 Å². The number of thioether (sulfide) groups is 1. The predicted molar refractivity (Wildman–Crippen MR) is 110 cm³/mol. The van der Waals surface area contributed by atoms with Crippen molar-refractivity contribution in [2.45, 2.75) is 36.3 Å². The third-order valence-corrected chi connectivity index (χ3v) is 5.50. The summed E-state index contributed by atoms with van der Waals surface area (Å²) < 4.78 is 2.02. The Hall–Kier alpha value is -2.93. The summed E-state index contributed by atoms with van der Waals surface area (Å²) in [4.78, 5) is 16.7. The summed E-state index contributed by atoms with van der Waals surface area (Å²) in [5, 5.41) is 12.6. The first-order chi connectivity index (χ1) is 13.8. The normalized spacial score (nSPS) is 13.3. The molecule has 6 nitrogen and oxygen atoms in total. The summed E-state index contributed by atoms with van der Waals surface area (Å²) in [6, 6.07) is 11.9. The molecule has 2 aromatic heterocycles. The van der Waals surface area contributed by atoms with Gasteiger partial charge in [0, 0.05) is 41.9 Å². The second kappa shape index (κ2) is 8.39. The number of pyridine rings is 1. The fourth-order valence-corrected chi connectivity index (χ4v) is 3.85. The van der Waals surface area contributed by atoms with Crippen LogP contribution in [0.4, 0.5) is 0 Å². The van der Waals surface area contributed by atoms with E-state index in [2.05, 4.69) is 27.1 Å². The maximum atomic E-state index is 12.5. The van der Waals surface area contributed by atoms with Gasteiger partial charge in [0.1, 0.15) is 0 Å². The van der Waals surface area contributed by atoms with Gasteiger partial charge in [0.25, 0.3) is 5.91 Å². The van der Waals surface area contributed by atoms with E-state index >= 15 is 0 Å². The Balaban J connectivity index is 1.55. The molecule has 0 radical (unpaired) electrons. The molecule has 142 valence electrons. The topological polar surface area (TPSA) is 72.7 Å². The van der Waals surface area contributed by atoms with Crippen LogP contribution in [0.3, 0.4) is 0 Å². The molecule has 1 N–H and O–H groups in total. The number of hydrogen-bond acceptors (Lipinski definition) is 5. The molecule has 3 aromatic rings. The highest BCUT2D eigenvalue weighted by Gasteiger charge is 2.24. The minimum absolute atomic E-state index is 0.00214. The number of carbonyl (C=O) groups excluding carboxylic acids is 1. The van der Waals surface area contributed by atoms with Gasteiger partial charge in [-0.3, -0.25) is 14.3 Å². The largest absolute Gasteiger partial charge is 0.349 e. The van der Waals surface area contributed by atoms with Gasteiger partial charge < -0.3 is 5.32 Å². The van der Waals surface area contributed by atoms with Crippen molar-refractivity contribution in [1.82, 2.24) is 25.1 Å². The van der Waals surface area contributed by atoms with Crippen molar-refractivity contribution in [2.75, 3.05) is 0 Å². The van der Waals surface area contributed by atoms with Crippen molar-refractivity contribution in [3.8, 4) is 11.4 Å². The highest BCUT2D eigenvalue weighted by atomic mass is 32.2. The summed E-state index contributed by atoms with van der Waals surface area (Å²) in [7, 11) is 0. The first-order valence-electron chi connectivity index (χ1n) is 9.22. The molecule has 0 spiro atoms. The third kappa shape index (κ3) is 4.14. The van der Waals surface area contributed by atoms with Crippen LogP contribution in [-0.2, 0) is 12.3 Å². The van der Waals surface area contributed by atoms with E-state index in [0.29, 0.717) is 18.3 Å². The number of benzene rings is 1.